The summed E-state index contributed by atoms with van der Waals surface area (Å²) in [7, 11) is 3.55. The lowest BCUT2D eigenvalue weighted by Gasteiger charge is -2.38. The molecule has 3 amide bonds. The van der Waals surface area contributed by atoms with Crippen LogP contribution in [0.2, 0.25) is 0 Å². The van der Waals surface area contributed by atoms with Crippen molar-refractivity contribution in [2.75, 3.05) is 73.3 Å². The van der Waals surface area contributed by atoms with Gasteiger partial charge < -0.3 is 52.7 Å². The number of hydrogen-bond donors (Lipinski definition) is 1. The van der Waals surface area contributed by atoms with E-state index in [9.17, 15) is 14.4 Å². The lowest BCUT2D eigenvalue weighted by Crippen LogP contribution is -3.00. The first-order valence-corrected chi connectivity index (χ1v) is 17.1. The van der Waals surface area contributed by atoms with E-state index in [-0.39, 0.29) is 49.6 Å². The van der Waals surface area contributed by atoms with Crippen LogP contribution in [0, 0.1) is 0 Å². The number of alkyl carbamates (subject to hydrolysis) is 1. The Labute approximate surface area is 285 Å². The van der Waals surface area contributed by atoms with E-state index in [1.165, 1.54) is 104 Å². The maximum Gasteiger partial charge on any atom is 0.416 e. The molecule has 0 aliphatic carbocycles. The van der Waals surface area contributed by atoms with Crippen molar-refractivity contribution in [1.29, 1.82) is 0 Å². The van der Waals surface area contributed by atoms with Crippen LogP contribution in [-0.2, 0) is 23.7 Å². The summed E-state index contributed by atoms with van der Waals surface area (Å²) in [6.07, 6.45) is 19.1. The molecule has 1 saturated heterocycles. The van der Waals surface area contributed by atoms with E-state index in [0.29, 0.717) is 26.3 Å². The Balaban J connectivity index is 0.0000185. The fourth-order valence-corrected chi connectivity index (χ4v) is 5.24. The van der Waals surface area contributed by atoms with Crippen LogP contribution in [-0.4, -0.2) is 107 Å². The van der Waals surface area contributed by atoms with Crippen LogP contribution in [0.4, 0.5) is 9.59 Å². The predicted molar refractivity (Wildman–Crippen MR) is 170 cm³/mol. The summed E-state index contributed by atoms with van der Waals surface area (Å²) in [4.78, 5) is 37.8. The third-order valence-corrected chi connectivity index (χ3v) is 8.44. The maximum atomic E-state index is 12.6. The highest BCUT2D eigenvalue weighted by molar-refractivity contribution is 5.90. The third kappa shape index (κ3) is 22.3. The van der Waals surface area contributed by atoms with Crippen molar-refractivity contribution < 1.29 is 61.8 Å². The molecule has 10 nitrogen and oxygen atoms in total. The van der Waals surface area contributed by atoms with Gasteiger partial charge in [0.05, 0.1) is 33.4 Å². The monoisotopic (exact) mass is 741 g/mol. The summed E-state index contributed by atoms with van der Waals surface area (Å²) < 4.78 is 22.0. The highest BCUT2D eigenvalue weighted by Crippen LogP contribution is 2.14. The number of carbonyl (C=O) groups excluding carboxylic acids is 3. The summed E-state index contributed by atoms with van der Waals surface area (Å²) in [6.45, 7) is 7.93. The first-order valence-electron chi connectivity index (χ1n) is 17.1. The molecule has 0 saturated carbocycles. The molecule has 1 aliphatic rings. The molecule has 0 spiro atoms. The van der Waals surface area contributed by atoms with Crippen LogP contribution in [0.25, 0.3) is 0 Å². The van der Waals surface area contributed by atoms with Gasteiger partial charge in [-0.3, -0.25) is 4.79 Å². The summed E-state index contributed by atoms with van der Waals surface area (Å²) >= 11 is 0. The molecule has 11 heteroatoms. The van der Waals surface area contributed by atoms with Gasteiger partial charge in [-0.15, -0.1) is 0 Å². The smallest absolute Gasteiger partial charge is 0.416 e. The second kappa shape index (κ2) is 28.1. The first-order chi connectivity index (χ1) is 20.8. The lowest BCUT2D eigenvalue weighted by atomic mass is 10.0. The number of amides is 3. The van der Waals surface area contributed by atoms with E-state index in [4.69, 9.17) is 18.9 Å². The molecule has 1 atom stereocenters. The average Bonchev–Trinajstić information content (AvgIpc) is 2.99. The molecule has 1 N–H and O–H groups in total. The van der Waals surface area contributed by atoms with E-state index in [2.05, 4.69) is 19.3 Å². The molecular weight excluding hydrogens is 677 g/mol. The second-order valence-electron chi connectivity index (χ2n) is 12.3. The molecule has 44 heavy (non-hydrogen) atoms. The van der Waals surface area contributed by atoms with Gasteiger partial charge in [-0.25, -0.2) is 14.5 Å². The van der Waals surface area contributed by atoms with Crippen molar-refractivity contribution in [3.8, 4) is 0 Å². The van der Waals surface area contributed by atoms with Gasteiger partial charge in [0.15, 0.2) is 0 Å². The number of rotatable bonds is 25. The number of halogens is 1. The lowest BCUT2D eigenvalue weighted by molar-refractivity contribution is -0.916. The van der Waals surface area contributed by atoms with Crippen molar-refractivity contribution in [2.24, 2.45) is 0 Å². The van der Waals surface area contributed by atoms with Crippen LogP contribution in [0.3, 0.4) is 0 Å². The molecule has 0 aromatic carbocycles. The number of likely N-dealkylation sites (N-methyl/N-ethyl adjacent to an activating group) is 1. The highest BCUT2D eigenvalue weighted by atomic mass is 127. The van der Waals surface area contributed by atoms with Crippen LogP contribution in [0.1, 0.15) is 117 Å². The molecule has 0 aromatic heterocycles. The zero-order valence-corrected chi connectivity index (χ0v) is 30.5. The summed E-state index contributed by atoms with van der Waals surface area (Å²) in [5.74, 6) is -0.372. The number of unbranched alkanes of at least 4 members (excludes halogenated alkanes) is 15. The fourth-order valence-electron chi connectivity index (χ4n) is 5.24. The van der Waals surface area contributed by atoms with Gasteiger partial charge in [-0.2, -0.15) is 0 Å². The Hall–Kier alpha value is -1.18. The van der Waals surface area contributed by atoms with Gasteiger partial charge in [-0.05, 0) is 6.42 Å². The van der Waals surface area contributed by atoms with Gasteiger partial charge in [-0.1, -0.05) is 103 Å². The van der Waals surface area contributed by atoms with Crippen molar-refractivity contribution in [3.05, 3.63) is 0 Å². The van der Waals surface area contributed by atoms with Gasteiger partial charge in [0.25, 0.3) is 0 Å². The number of carbonyl (C=O) groups is 3. The molecule has 0 radical (unpaired) electrons. The number of quaternary nitrogens is 1. The predicted octanol–water partition coefficient (Wildman–Crippen LogP) is 3.46. The fraction of sp³-hybridized carbons (Fsp3) is 0.909. The van der Waals surface area contributed by atoms with Crippen molar-refractivity contribution in [1.82, 2.24) is 10.2 Å². The number of hydrogen-bond acceptors (Lipinski definition) is 7. The SMILES string of the molecule is CCCCCCCCCCCCCCCCCCNC(=O)OCC(COC(=O)N(CC[N+]1(C)CCOCC1)C(C)=O)OC.[I-]. The largest absolute Gasteiger partial charge is 1.00 e. The maximum absolute atomic E-state index is 12.6. The van der Waals surface area contributed by atoms with Crippen molar-refractivity contribution in [3.63, 3.8) is 0 Å². The van der Waals surface area contributed by atoms with Crippen molar-refractivity contribution in [2.45, 2.75) is 123 Å². The van der Waals surface area contributed by atoms with Crippen LogP contribution < -0.4 is 29.3 Å². The Bertz CT molecular complexity index is 738. The molecule has 1 heterocycles. The number of nitrogens with one attached hydrogen (secondary N) is 1. The molecular formula is C33H64IN3O7. The number of ether oxygens (including phenoxy) is 4. The third-order valence-electron chi connectivity index (χ3n) is 8.44. The van der Waals surface area contributed by atoms with Crippen LogP contribution in [0.5, 0.6) is 0 Å². The van der Waals surface area contributed by atoms with E-state index in [1.54, 1.807) is 0 Å². The van der Waals surface area contributed by atoms with E-state index in [1.807, 2.05) is 0 Å². The molecule has 1 aliphatic heterocycles. The van der Waals surface area contributed by atoms with E-state index in [0.717, 1.165) is 35.3 Å². The Morgan fingerprint density at radius 1 is 0.795 bits per heavy atom. The van der Waals surface area contributed by atoms with Crippen LogP contribution in [0.15, 0.2) is 0 Å². The molecule has 1 rings (SSSR count). The van der Waals surface area contributed by atoms with Crippen LogP contribution >= 0.6 is 0 Å². The summed E-state index contributed by atoms with van der Waals surface area (Å²) in [5, 5.41) is 2.77. The number of nitrogens with zero attached hydrogens (tertiary/aromatic N) is 2. The average molecular weight is 742 g/mol. The highest BCUT2D eigenvalue weighted by Gasteiger charge is 2.29. The molecule has 0 aromatic rings. The number of methoxy groups -OCH3 is 1. The molecule has 260 valence electrons. The number of imide groups is 1. The first kappa shape index (κ1) is 42.8. The standard InChI is InChI=1S/C33H63N3O7.HI/c1-5-6-7-8-9-10-11-12-13-14-15-16-17-18-19-20-21-34-32(38)42-28-31(40-4)29-43-33(39)35(30(2)37)22-23-36(3)24-26-41-27-25-36;/h31H,5-29H2,1-4H3;1H. The Morgan fingerprint density at radius 2 is 1.27 bits per heavy atom. The second-order valence-corrected chi connectivity index (χ2v) is 12.3. The van der Waals surface area contributed by atoms with E-state index >= 15 is 0 Å². The zero-order valence-electron chi connectivity index (χ0n) is 28.4. The summed E-state index contributed by atoms with van der Waals surface area (Å²) in [5.41, 5.74) is 0. The molecule has 1 fully saturated rings. The Kier molecular flexibility index (Phi) is 27.3. The van der Waals surface area contributed by atoms with Crippen molar-refractivity contribution >= 4 is 18.1 Å². The number of morpholine rings is 1. The quantitative estimate of drug-likeness (QED) is 0.0870. The normalized spacial score (nSPS) is 14.7. The molecule has 1 unspecified atom stereocenters. The Morgan fingerprint density at radius 3 is 1.75 bits per heavy atom. The minimum Gasteiger partial charge on any atom is -1.00 e. The topological polar surface area (TPSA) is 103 Å². The van der Waals surface area contributed by atoms with Gasteiger partial charge in [0, 0.05) is 20.6 Å². The van der Waals surface area contributed by atoms with Gasteiger partial charge >= 0.3 is 12.2 Å². The molecule has 0 bridgehead atoms. The summed E-state index contributed by atoms with van der Waals surface area (Å²) in [6, 6.07) is 0. The van der Waals surface area contributed by atoms with E-state index < -0.39 is 18.3 Å². The minimum atomic E-state index is -0.720. The van der Waals surface area contributed by atoms with Gasteiger partial charge in [0.2, 0.25) is 5.91 Å². The minimum absolute atomic E-state index is 0. The van der Waals surface area contributed by atoms with Gasteiger partial charge in [0.1, 0.15) is 32.4 Å². The zero-order chi connectivity index (χ0) is 31.6.